The van der Waals surface area contributed by atoms with Gasteiger partial charge in [-0.05, 0) is 92.2 Å². The van der Waals surface area contributed by atoms with Crippen LogP contribution < -0.4 is 14.4 Å². The van der Waals surface area contributed by atoms with E-state index >= 15 is 0 Å². The summed E-state index contributed by atoms with van der Waals surface area (Å²) in [5.41, 5.74) is 3.01. The smallest absolute Gasteiger partial charge is 0.264 e. The summed E-state index contributed by atoms with van der Waals surface area (Å²) >= 11 is 1.51. The van der Waals surface area contributed by atoms with Crippen LogP contribution >= 0.6 is 11.8 Å². The molecule has 4 aromatic rings. The van der Waals surface area contributed by atoms with Gasteiger partial charge in [-0.3, -0.25) is 13.9 Å². The average Bonchev–Trinajstić information content (AvgIpc) is 3.07. The predicted octanol–water partition coefficient (Wildman–Crippen LogP) is 6.09. The van der Waals surface area contributed by atoms with Crippen LogP contribution in [0.25, 0.3) is 0 Å². The van der Waals surface area contributed by atoms with Gasteiger partial charge in [-0.1, -0.05) is 54.6 Å². The normalized spacial score (nSPS) is 11.8. The van der Waals surface area contributed by atoms with Crippen molar-refractivity contribution < 1.29 is 22.7 Å². The Morgan fingerprint density at radius 2 is 1.52 bits per heavy atom. The van der Waals surface area contributed by atoms with Crippen LogP contribution in [-0.2, 0) is 32.6 Å². The number of aryl methyl sites for hydroxylation is 1. The minimum Gasteiger partial charge on any atom is -0.494 e. The number of sulfonamides is 1. The van der Waals surface area contributed by atoms with E-state index in [4.69, 9.17) is 4.74 Å². The monoisotopic (exact) mass is 659 g/mol. The first-order chi connectivity index (χ1) is 22.2. The number of thioether (sulfide) groups is 1. The topological polar surface area (TPSA) is 96.0 Å². The zero-order valence-electron chi connectivity index (χ0n) is 26.7. The SMILES string of the molecule is CCNC(=O)[C@@H](Cc1ccccc1)N(Cc1ccccc1C)C(=O)CN(c1ccc(OCC)cc1)S(=O)(=O)c1ccc(SC)cc1. The van der Waals surface area contributed by atoms with Gasteiger partial charge in [-0.2, -0.15) is 0 Å². The van der Waals surface area contributed by atoms with Gasteiger partial charge in [-0.15, -0.1) is 11.8 Å². The quantitative estimate of drug-likeness (QED) is 0.155. The van der Waals surface area contributed by atoms with Gasteiger partial charge < -0.3 is 15.0 Å². The number of hydrogen-bond acceptors (Lipinski definition) is 6. The summed E-state index contributed by atoms with van der Waals surface area (Å²) in [5.74, 6) is -0.232. The second kappa shape index (κ2) is 16.3. The first kappa shape index (κ1) is 34.6. The van der Waals surface area contributed by atoms with Crippen LogP contribution in [0.3, 0.4) is 0 Å². The first-order valence-corrected chi connectivity index (χ1v) is 17.9. The third-order valence-corrected chi connectivity index (χ3v) is 10.1. The summed E-state index contributed by atoms with van der Waals surface area (Å²) in [6.45, 7) is 6.09. The van der Waals surface area contributed by atoms with Gasteiger partial charge >= 0.3 is 0 Å². The lowest BCUT2D eigenvalue weighted by atomic mass is 10.0. The molecule has 0 spiro atoms. The standard InChI is InChI=1S/C36H41N3O5S2/c1-5-37-36(41)34(24-28-13-8-7-9-14-28)38(25-29-15-11-10-12-27(29)3)35(40)26-39(30-16-18-31(19-17-30)44-6-2)46(42,43)33-22-20-32(45-4)21-23-33/h7-23,34H,5-6,24-26H2,1-4H3,(H,37,41)/t34-/m1/s1. The lowest BCUT2D eigenvalue weighted by molar-refractivity contribution is -0.140. The van der Waals surface area contributed by atoms with Crippen molar-refractivity contribution in [3.63, 3.8) is 0 Å². The van der Waals surface area contributed by atoms with Crippen molar-refractivity contribution in [3.05, 3.63) is 120 Å². The number of carbonyl (C=O) groups is 2. The Balaban J connectivity index is 1.80. The molecular formula is C36H41N3O5S2. The van der Waals surface area contributed by atoms with Crippen LogP contribution in [0.4, 0.5) is 5.69 Å². The summed E-state index contributed by atoms with van der Waals surface area (Å²) < 4.78 is 35.2. The van der Waals surface area contributed by atoms with Crippen LogP contribution in [0, 0.1) is 6.92 Å². The van der Waals surface area contributed by atoms with Gasteiger partial charge in [0.1, 0.15) is 18.3 Å². The van der Waals surface area contributed by atoms with E-state index in [0.717, 1.165) is 25.9 Å². The third kappa shape index (κ3) is 8.70. The molecule has 0 unspecified atom stereocenters. The number of rotatable bonds is 15. The van der Waals surface area contributed by atoms with Crippen molar-refractivity contribution in [1.82, 2.24) is 10.2 Å². The Labute approximate surface area is 276 Å². The number of amides is 2. The highest BCUT2D eigenvalue weighted by Crippen LogP contribution is 2.28. The first-order valence-electron chi connectivity index (χ1n) is 15.2. The summed E-state index contributed by atoms with van der Waals surface area (Å²) in [6, 6.07) is 29.5. The summed E-state index contributed by atoms with van der Waals surface area (Å²) in [4.78, 5) is 30.7. The molecule has 2 amide bonds. The van der Waals surface area contributed by atoms with Crippen LogP contribution in [0.2, 0.25) is 0 Å². The van der Waals surface area contributed by atoms with Gasteiger partial charge in [0.15, 0.2) is 0 Å². The molecule has 242 valence electrons. The number of nitrogens with one attached hydrogen (secondary N) is 1. The second-order valence-electron chi connectivity index (χ2n) is 10.7. The van der Waals surface area contributed by atoms with E-state index in [1.165, 1.54) is 16.7 Å². The fourth-order valence-electron chi connectivity index (χ4n) is 5.10. The van der Waals surface area contributed by atoms with Gasteiger partial charge in [0, 0.05) is 24.4 Å². The second-order valence-corrected chi connectivity index (χ2v) is 13.4. The minimum absolute atomic E-state index is 0.0574. The Morgan fingerprint density at radius 3 is 2.13 bits per heavy atom. The molecule has 0 aliphatic heterocycles. The fraction of sp³-hybridized carbons (Fsp3) is 0.278. The molecule has 0 fully saturated rings. The Kier molecular flexibility index (Phi) is 12.3. The molecule has 46 heavy (non-hydrogen) atoms. The largest absolute Gasteiger partial charge is 0.494 e. The van der Waals surface area contributed by atoms with E-state index in [2.05, 4.69) is 5.32 Å². The zero-order valence-corrected chi connectivity index (χ0v) is 28.3. The van der Waals surface area contributed by atoms with E-state index in [1.54, 1.807) is 48.5 Å². The van der Waals surface area contributed by atoms with Crippen molar-refractivity contribution in [2.75, 3.05) is 30.3 Å². The number of anilines is 1. The Bertz CT molecular complexity index is 1700. The van der Waals surface area contributed by atoms with Crippen molar-refractivity contribution >= 4 is 39.3 Å². The van der Waals surface area contributed by atoms with E-state index < -0.39 is 28.5 Å². The summed E-state index contributed by atoms with van der Waals surface area (Å²) in [7, 11) is -4.19. The van der Waals surface area contributed by atoms with E-state index in [1.807, 2.05) is 81.6 Å². The molecule has 1 N–H and O–H groups in total. The molecule has 8 nitrogen and oxygen atoms in total. The number of ether oxygens (including phenoxy) is 1. The molecule has 0 bridgehead atoms. The maximum absolute atomic E-state index is 14.5. The highest BCUT2D eigenvalue weighted by atomic mass is 32.2. The van der Waals surface area contributed by atoms with Crippen molar-refractivity contribution in [2.24, 2.45) is 0 Å². The van der Waals surface area contributed by atoms with E-state index in [0.29, 0.717) is 24.6 Å². The molecule has 1 atom stereocenters. The Morgan fingerprint density at radius 1 is 0.870 bits per heavy atom. The molecular weight excluding hydrogens is 619 g/mol. The molecule has 4 aromatic carbocycles. The lowest BCUT2D eigenvalue weighted by Crippen LogP contribution is -2.53. The zero-order chi connectivity index (χ0) is 33.1. The number of likely N-dealkylation sites (N-methyl/N-ethyl adjacent to an activating group) is 1. The maximum atomic E-state index is 14.5. The highest BCUT2D eigenvalue weighted by Gasteiger charge is 2.34. The molecule has 0 saturated carbocycles. The molecule has 0 aliphatic rings. The summed E-state index contributed by atoms with van der Waals surface area (Å²) in [6.07, 6.45) is 2.17. The number of carbonyl (C=O) groups excluding carboxylic acids is 2. The number of hydrogen-bond donors (Lipinski definition) is 1. The lowest BCUT2D eigenvalue weighted by Gasteiger charge is -2.34. The maximum Gasteiger partial charge on any atom is 0.264 e. The highest BCUT2D eigenvalue weighted by molar-refractivity contribution is 7.98. The number of nitrogens with zero attached hydrogens (tertiary/aromatic N) is 2. The van der Waals surface area contributed by atoms with E-state index in [-0.39, 0.29) is 23.8 Å². The van der Waals surface area contributed by atoms with Crippen LogP contribution in [0.15, 0.2) is 113 Å². The van der Waals surface area contributed by atoms with Gasteiger partial charge in [-0.25, -0.2) is 8.42 Å². The van der Waals surface area contributed by atoms with E-state index in [9.17, 15) is 18.0 Å². The predicted molar refractivity (Wildman–Crippen MR) is 185 cm³/mol. The van der Waals surface area contributed by atoms with Crippen LogP contribution in [-0.4, -0.2) is 57.1 Å². The molecule has 0 aliphatic carbocycles. The van der Waals surface area contributed by atoms with Gasteiger partial charge in [0.25, 0.3) is 10.0 Å². The van der Waals surface area contributed by atoms with Crippen molar-refractivity contribution in [3.8, 4) is 5.75 Å². The number of benzene rings is 4. The third-order valence-electron chi connectivity index (χ3n) is 7.59. The van der Waals surface area contributed by atoms with Gasteiger partial charge in [0.05, 0.1) is 17.2 Å². The minimum atomic E-state index is -4.19. The summed E-state index contributed by atoms with van der Waals surface area (Å²) in [5, 5.41) is 2.89. The molecule has 0 radical (unpaired) electrons. The van der Waals surface area contributed by atoms with Crippen molar-refractivity contribution in [2.45, 2.75) is 49.6 Å². The van der Waals surface area contributed by atoms with Crippen LogP contribution in [0.1, 0.15) is 30.5 Å². The average molecular weight is 660 g/mol. The fourth-order valence-corrected chi connectivity index (χ4v) is 6.92. The van der Waals surface area contributed by atoms with Gasteiger partial charge in [0.2, 0.25) is 11.8 Å². The molecule has 0 aromatic heterocycles. The molecule has 0 heterocycles. The van der Waals surface area contributed by atoms with Crippen LogP contribution in [0.5, 0.6) is 5.75 Å². The van der Waals surface area contributed by atoms with Crippen molar-refractivity contribution in [1.29, 1.82) is 0 Å². The molecule has 4 rings (SSSR count). The molecule has 0 saturated heterocycles. The molecule has 10 heteroatoms. The Hall–Kier alpha value is -4.28.